The van der Waals surface area contributed by atoms with Gasteiger partial charge in [-0.25, -0.2) is 14.8 Å². The van der Waals surface area contributed by atoms with E-state index >= 15 is 0 Å². The predicted molar refractivity (Wildman–Crippen MR) is 80.1 cm³/mol. The predicted octanol–water partition coefficient (Wildman–Crippen LogP) is 3.64. The third kappa shape index (κ3) is 3.01. The number of hydrogen-bond acceptors (Lipinski definition) is 4. The molecule has 0 unspecified atom stereocenters. The Bertz CT molecular complexity index is 791. The normalized spacial score (nSPS) is 10.5. The van der Waals surface area contributed by atoms with E-state index in [0.29, 0.717) is 10.7 Å². The molecule has 4 nitrogen and oxygen atoms in total. The van der Waals surface area contributed by atoms with E-state index in [1.54, 1.807) is 24.4 Å². The second kappa shape index (κ2) is 5.89. The van der Waals surface area contributed by atoms with Gasteiger partial charge < -0.3 is 4.74 Å². The van der Waals surface area contributed by atoms with E-state index in [1.807, 2.05) is 30.3 Å². The molecule has 0 aliphatic carbocycles. The second-order valence-electron chi connectivity index (χ2n) is 4.42. The van der Waals surface area contributed by atoms with Gasteiger partial charge in [-0.2, -0.15) is 0 Å². The van der Waals surface area contributed by atoms with Crippen LogP contribution < -0.4 is 0 Å². The van der Waals surface area contributed by atoms with Crippen LogP contribution in [0.1, 0.15) is 16.1 Å². The molecule has 0 fully saturated rings. The molecule has 104 valence electrons. The Kier molecular flexibility index (Phi) is 3.79. The molecule has 0 spiro atoms. The number of hydrogen-bond donors (Lipinski definition) is 0. The van der Waals surface area contributed by atoms with Crippen LogP contribution in [0.5, 0.6) is 0 Å². The molecular weight excluding hydrogens is 288 g/mol. The third-order valence-electron chi connectivity index (χ3n) is 2.98. The van der Waals surface area contributed by atoms with Crippen LogP contribution in [-0.4, -0.2) is 15.9 Å². The minimum absolute atomic E-state index is 0.0616. The molecule has 0 saturated heterocycles. The Morgan fingerprint density at radius 3 is 2.76 bits per heavy atom. The van der Waals surface area contributed by atoms with Gasteiger partial charge in [0.2, 0.25) is 0 Å². The van der Waals surface area contributed by atoms with Crippen molar-refractivity contribution in [2.24, 2.45) is 0 Å². The highest BCUT2D eigenvalue weighted by molar-refractivity contribution is 6.30. The Morgan fingerprint density at radius 1 is 1.14 bits per heavy atom. The average molecular weight is 299 g/mol. The third-order valence-corrected chi connectivity index (χ3v) is 3.31. The van der Waals surface area contributed by atoms with Crippen molar-refractivity contribution in [1.29, 1.82) is 0 Å². The van der Waals surface area contributed by atoms with Gasteiger partial charge in [0.15, 0.2) is 0 Å². The summed E-state index contributed by atoms with van der Waals surface area (Å²) in [6, 6.07) is 14.6. The van der Waals surface area contributed by atoms with Crippen molar-refractivity contribution < 1.29 is 9.53 Å². The molecule has 0 amide bonds. The number of carbonyl (C=O) groups excluding carboxylic acids is 1. The summed E-state index contributed by atoms with van der Waals surface area (Å²) < 4.78 is 5.22. The number of ether oxygens (including phenoxy) is 1. The van der Waals surface area contributed by atoms with E-state index in [9.17, 15) is 4.79 Å². The first-order valence-corrected chi connectivity index (χ1v) is 6.74. The lowest BCUT2D eigenvalue weighted by molar-refractivity contribution is 0.0465. The topological polar surface area (TPSA) is 52.1 Å². The van der Waals surface area contributed by atoms with Crippen LogP contribution >= 0.6 is 11.6 Å². The molecule has 0 saturated carbocycles. The Balaban J connectivity index is 1.79. The van der Waals surface area contributed by atoms with Gasteiger partial charge in [0, 0.05) is 17.1 Å². The fourth-order valence-electron chi connectivity index (χ4n) is 1.94. The molecule has 2 aromatic heterocycles. The number of nitrogens with zero attached hydrogens (tertiary/aromatic N) is 2. The van der Waals surface area contributed by atoms with E-state index in [2.05, 4.69) is 9.97 Å². The van der Waals surface area contributed by atoms with Crippen LogP contribution in [0.2, 0.25) is 5.15 Å². The summed E-state index contributed by atoms with van der Waals surface area (Å²) in [6.45, 7) is 0.0616. The van der Waals surface area contributed by atoms with Crippen LogP contribution in [0.15, 0.2) is 54.7 Å². The van der Waals surface area contributed by atoms with E-state index in [1.165, 1.54) is 0 Å². The maximum Gasteiger partial charge on any atom is 0.357 e. The maximum absolute atomic E-state index is 11.8. The van der Waals surface area contributed by atoms with Gasteiger partial charge in [-0.15, -0.1) is 0 Å². The first kappa shape index (κ1) is 13.5. The van der Waals surface area contributed by atoms with E-state index in [0.717, 1.165) is 10.9 Å². The number of aromatic nitrogens is 2. The van der Waals surface area contributed by atoms with Gasteiger partial charge in [0.1, 0.15) is 17.5 Å². The summed E-state index contributed by atoms with van der Waals surface area (Å²) >= 11 is 6.11. The number of fused-ring (bicyclic) bond motifs is 1. The zero-order valence-corrected chi connectivity index (χ0v) is 11.7. The van der Waals surface area contributed by atoms with E-state index in [4.69, 9.17) is 16.3 Å². The van der Waals surface area contributed by atoms with Crippen LogP contribution in [0.25, 0.3) is 10.9 Å². The quantitative estimate of drug-likeness (QED) is 0.547. The minimum Gasteiger partial charge on any atom is -0.456 e. The maximum atomic E-state index is 11.8. The van der Waals surface area contributed by atoms with E-state index in [-0.39, 0.29) is 12.3 Å². The molecule has 0 atom stereocenters. The van der Waals surface area contributed by atoms with Gasteiger partial charge in [-0.05, 0) is 24.3 Å². The van der Waals surface area contributed by atoms with Crippen LogP contribution in [0.4, 0.5) is 0 Å². The molecule has 0 radical (unpaired) electrons. The lowest BCUT2D eigenvalue weighted by atomic mass is 10.2. The van der Waals surface area contributed by atoms with Crippen LogP contribution in [-0.2, 0) is 11.3 Å². The largest absolute Gasteiger partial charge is 0.456 e. The summed E-state index contributed by atoms with van der Waals surface area (Å²) in [5.74, 6) is -0.486. The van der Waals surface area contributed by atoms with E-state index < -0.39 is 5.97 Å². The summed E-state index contributed by atoms with van der Waals surface area (Å²) in [5, 5.41) is 1.29. The van der Waals surface area contributed by atoms with Crippen LogP contribution in [0.3, 0.4) is 0 Å². The second-order valence-corrected chi connectivity index (χ2v) is 4.78. The summed E-state index contributed by atoms with van der Waals surface area (Å²) in [6.07, 6.45) is 1.54. The average Bonchev–Trinajstić information content (AvgIpc) is 2.53. The van der Waals surface area contributed by atoms with Crippen molar-refractivity contribution in [2.75, 3.05) is 0 Å². The number of esters is 1. The molecule has 5 heteroatoms. The number of benzene rings is 1. The zero-order chi connectivity index (χ0) is 14.7. The number of para-hydroxylation sites is 1. The molecular formula is C16H11ClN2O2. The lowest BCUT2D eigenvalue weighted by Gasteiger charge is -2.07. The first-order valence-electron chi connectivity index (χ1n) is 6.36. The highest BCUT2D eigenvalue weighted by Gasteiger charge is 2.11. The summed E-state index contributed by atoms with van der Waals surface area (Å²) in [4.78, 5) is 20.1. The SMILES string of the molecule is O=C(OCc1cc2ccccc2nc1Cl)c1ccccn1. The van der Waals surface area contributed by atoms with Crippen molar-refractivity contribution in [3.8, 4) is 0 Å². The van der Waals surface area contributed by atoms with Gasteiger partial charge in [-0.1, -0.05) is 35.9 Å². The van der Waals surface area contributed by atoms with Gasteiger partial charge in [0.05, 0.1) is 5.52 Å². The molecule has 0 bridgehead atoms. The van der Waals surface area contributed by atoms with Crippen molar-refractivity contribution in [3.63, 3.8) is 0 Å². The highest BCUT2D eigenvalue weighted by atomic mass is 35.5. The molecule has 0 aliphatic heterocycles. The smallest absolute Gasteiger partial charge is 0.357 e. The number of carbonyl (C=O) groups is 1. The van der Waals surface area contributed by atoms with Crippen LogP contribution in [0, 0.1) is 0 Å². The van der Waals surface area contributed by atoms with Crippen molar-refractivity contribution in [2.45, 2.75) is 6.61 Å². The molecule has 0 N–H and O–H groups in total. The highest BCUT2D eigenvalue weighted by Crippen LogP contribution is 2.21. The number of halogens is 1. The molecule has 1 aromatic carbocycles. The first-order chi connectivity index (χ1) is 10.2. The molecule has 2 heterocycles. The van der Waals surface area contributed by atoms with Gasteiger partial charge >= 0.3 is 5.97 Å². The minimum atomic E-state index is -0.486. The number of rotatable bonds is 3. The Labute approximate surface area is 126 Å². The fraction of sp³-hybridized carbons (Fsp3) is 0.0625. The summed E-state index contributed by atoms with van der Waals surface area (Å²) in [5.41, 5.74) is 1.74. The molecule has 21 heavy (non-hydrogen) atoms. The van der Waals surface area contributed by atoms with Gasteiger partial charge in [0.25, 0.3) is 0 Å². The van der Waals surface area contributed by atoms with Crippen molar-refractivity contribution in [1.82, 2.24) is 9.97 Å². The number of pyridine rings is 2. The zero-order valence-electron chi connectivity index (χ0n) is 11.0. The Morgan fingerprint density at radius 2 is 1.95 bits per heavy atom. The Hall–Kier alpha value is -2.46. The van der Waals surface area contributed by atoms with Crippen molar-refractivity contribution >= 4 is 28.5 Å². The molecule has 3 rings (SSSR count). The lowest BCUT2D eigenvalue weighted by Crippen LogP contribution is -2.07. The standard InChI is InChI=1S/C16H11ClN2O2/c17-15-12(9-11-5-1-2-6-13(11)19-15)10-21-16(20)14-7-3-4-8-18-14/h1-9H,10H2. The fourth-order valence-corrected chi connectivity index (χ4v) is 2.14. The molecule has 3 aromatic rings. The molecule has 0 aliphatic rings. The summed E-state index contributed by atoms with van der Waals surface area (Å²) in [7, 11) is 0. The van der Waals surface area contributed by atoms with Crippen molar-refractivity contribution in [3.05, 3.63) is 71.1 Å². The monoisotopic (exact) mass is 298 g/mol. The van der Waals surface area contributed by atoms with Gasteiger partial charge in [-0.3, -0.25) is 0 Å².